The maximum absolute atomic E-state index is 12.9. The van der Waals surface area contributed by atoms with Gasteiger partial charge in [-0.3, -0.25) is 4.79 Å². The van der Waals surface area contributed by atoms with E-state index >= 15 is 0 Å². The number of ether oxygens (including phenoxy) is 1. The van der Waals surface area contributed by atoms with Gasteiger partial charge in [-0.15, -0.1) is 12.4 Å². The van der Waals surface area contributed by atoms with Crippen molar-refractivity contribution in [3.8, 4) is 0 Å². The van der Waals surface area contributed by atoms with E-state index < -0.39 is 6.04 Å². The number of hydrogen-bond acceptors (Lipinski definition) is 3. The standard InChI is InChI=1S/C12H17FN2O2.ClH/c1-17-8-11(14)12(16)15-6-5-9-3-2-4-10(13)7-9;/h2-4,7,11H,5-6,8,14H2,1H3,(H,15,16);1H. The number of methoxy groups -OCH3 is 1. The normalized spacial score (nSPS) is 11.5. The zero-order valence-electron chi connectivity index (χ0n) is 10.2. The molecule has 0 radical (unpaired) electrons. The molecule has 0 aliphatic heterocycles. The maximum Gasteiger partial charge on any atom is 0.239 e. The molecule has 1 rings (SSSR count). The third-order valence-electron chi connectivity index (χ3n) is 2.28. The average molecular weight is 277 g/mol. The number of amides is 1. The average Bonchev–Trinajstić information content (AvgIpc) is 2.29. The zero-order chi connectivity index (χ0) is 12.7. The third kappa shape index (κ3) is 5.95. The molecule has 0 spiro atoms. The minimum Gasteiger partial charge on any atom is -0.383 e. The van der Waals surface area contributed by atoms with Crippen LogP contribution in [0.15, 0.2) is 24.3 Å². The first-order valence-corrected chi connectivity index (χ1v) is 5.40. The van der Waals surface area contributed by atoms with Crippen LogP contribution in [0.4, 0.5) is 4.39 Å². The first kappa shape index (κ1) is 16.8. The minimum absolute atomic E-state index is 0. The predicted octanol–water partition coefficient (Wildman–Crippen LogP) is 0.880. The molecule has 6 heteroatoms. The van der Waals surface area contributed by atoms with Crippen molar-refractivity contribution in [2.24, 2.45) is 5.73 Å². The second kappa shape index (κ2) is 8.85. The Kier molecular flexibility index (Phi) is 8.28. The zero-order valence-corrected chi connectivity index (χ0v) is 11.0. The lowest BCUT2D eigenvalue weighted by atomic mass is 10.1. The fourth-order valence-electron chi connectivity index (χ4n) is 1.41. The van der Waals surface area contributed by atoms with Gasteiger partial charge in [-0.25, -0.2) is 4.39 Å². The Labute approximate surface area is 112 Å². The van der Waals surface area contributed by atoms with Gasteiger partial charge in [-0.2, -0.15) is 0 Å². The van der Waals surface area contributed by atoms with E-state index in [4.69, 9.17) is 10.5 Å². The van der Waals surface area contributed by atoms with Crippen LogP contribution in [0.25, 0.3) is 0 Å². The van der Waals surface area contributed by atoms with Gasteiger partial charge in [0.1, 0.15) is 11.9 Å². The van der Waals surface area contributed by atoms with Gasteiger partial charge in [0.2, 0.25) is 5.91 Å². The molecule has 18 heavy (non-hydrogen) atoms. The van der Waals surface area contributed by atoms with Crippen LogP contribution in [0.5, 0.6) is 0 Å². The summed E-state index contributed by atoms with van der Waals surface area (Å²) in [5, 5.41) is 2.67. The summed E-state index contributed by atoms with van der Waals surface area (Å²) in [4.78, 5) is 11.4. The molecule has 1 atom stereocenters. The smallest absolute Gasteiger partial charge is 0.239 e. The molecule has 0 aromatic heterocycles. The Bertz CT molecular complexity index is 377. The molecule has 4 nitrogen and oxygen atoms in total. The van der Waals surface area contributed by atoms with Gasteiger partial charge in [0.15, 0.2) is 0 Å². The van der Waals surface area contributed by atoms with Gasteiger partial charge >= 0.3 is 0 Å². The molecular weight excluding hydrogens is 259 g/mol. The van der Waals surface area contributed by atoms with Crippen LogP contribution in [0.2, 0.25) is 0 Å². The fourth-order valence-corrected chi connectivity index (χ4v) is 1.41. The van der Waals surface area contributed by atoms with Crippen LogP contribution < -0.4 is 11.1 Å². The molecule has 1 unspecified atom stereocenters. The second-order valence-corrected chi connectivity index (χ2v) is 3.73. The van der Waals surface area contributed by atoms with Crippen molar-refractivity contribution in [3.05, 3.63) is 35.6 Å². The topological polar surface area (TPSA) is 64.3 Å². The van der Waals surface area contributed by atoms with E-state index in [2.05, 4.69) is 5.32 Å². The summed E-state index contributed by atoms with van der Waals surface area (Å²) in [6, 6.07) is 5.62. The summed E-state index contributed by atoms with van der Waals surface area (Å²) in [5.41, 5.74) is 6.37. The minimum atomic E-state index is -0.660. The summed E-state index contributed by atoms with van der Waals surface area (Å²) in [5.74, 6) is -0.534. The molecule has 1 amide bonds. The van der Waals surface area contributed by atoms with E-state index in [0.717, 1.165) is 5.56 Å². The van der Waals surface area contributed by atoms with E-state index in [0.29, 0.717) is 13.0 Å². The summed E-state index contributed by atoms with van der Waals surface area (Å²) in [7, 11) is 1.49. The highest BCUT2D eigenvalue weighted by molar-refractivity contribution is 5.85. The van der Waals surface area contributed by atoms with Crippen molar-refractivity contribution >= 4 is 18.3 Å². The van der Waals surface area contributed by atoms with Crippen LogP contribution in [0.3, 0.4) is 0 Å². The monoisotopic (exact) mass is 276 g/mol. The van der Waals surface area contributed by atoms with Crippen LogP contribution in [-0.4, -0.2) is 32.2 Å². The Morgan fingerprint density at radius 1 is 1.56 bits per heavy atom. The van der Waals surface area contributed by atoms with Gasteiger partial charge in [-0.05, 0) is 24.1 Å². The lowest BCUT2D eigenvalue weighted by Crippen LogP contribution is -2.44. The van der Waals surface area contributed by atoms with Crippen molar-refractivity contribution < 1.29 is 13.9 Å². The van der Waals surface area contributed by atoms with Gasteiger partial charge in [0.05, 0.1) is 6.61 Å². The van der Waals surface area contributed by atoms with Crippen molar-refractivity contribution in [2.75, 3.05) is 20.3 Å². The van der Waals surface area contributed by atoms with Gasteiger partial charge in [0, 0.05) is 13.7 Å². The van der Waals surface area contributed by atoms with Gasteiger partial charge in [-0.1, -0.05) is 12.1 Å². The fraction of sp³-hybridized carbons (Fsp3) is 0.417. The third-order valence-corrected chi connectivity index (χ3v) is 2.28. The molecule has 0 heterocycles. The van der Waals surface area contributed by atoms with Crippen LogP contribution in [0.1, 0.15) is 5.56 Å². The molecule has 0 aliphatic carbocycles. The number of benzene rings is 1. The lowest BCUT2D eigenvalue weighted by Gasteiger charge is -2.11. The highest BCUT2D eigenvalue weighted by atomic mass is 35.5. The molecule has 102 valence electrons. The highest BCUT2D eigenvalue weighted by Gasteiger charge is 2.11. The van der Waals surface area contributed by atoms with Gasteiger partial charge < -0.3 is 15.8 Å². The van der Waals surface area contributed by atoms with Crippen molar-refractivity contribution in [1.82, 2.24) is 5.32 Å². The van der Waals surface area contributed by atoms with Crippen LogP contribution >= 0.6 is 12.4 Å². The SMILES string of the molecule is COCC(N)C(=O)NCCc1cccc(F)c1.Cl. The first-order valence-electron chi connectivity index (χ1n) is 5.40. The summed E-state index contributed by atoms with van der Waals surface area (Å²) >= 11 is 0. The van der Waals surface area contributed by atoms with Crippen LogP contribution in [0, 0.1) is 5.82 Å². The van der Waals surface area contributed by atoms with E-state index in [9.17, 15) is 9.18 Å². The Hall–Kier alpha value is -1.17. The second-order valence-electron chi connectivity index (χ2n) is 3.73. The number of hydrogen-bond donors (Lipinski definition) is 2. The molecule has 0 bridgehead atoms. The molecule has 0 saturated heterocycles. The van der Waals surface area contributed by atoms with E-state index in [1.165, 1.54) is 19.2 Å². The molecule has 3 N–H and O–H groups in total. The number of carbonyl (C=O) groups is 1. The van der Waals surface area contributed by atoms with E-state index in [1.54, 1.807) is 6.07 Å². The summed E-state index contributed by atoms with van der Waals surface area (Å²) in [6.45, 7) is 0.617. The van der Waals surface area contributed by atoms with Gasteiger partial charge in [0.25, 0.3) is 0 Å². The molecule has 1 aromatic rings. The maximum atomic E-state index is 12.9. The molecule has 0 aliphatic rings. The molecule has 0 saturated carbocycles. The number of halogens is 2. The molecular formula is C12H18ClFN2O2. The lowest BCUT2D eigenvalue weighted by molar-refractivity contribution is -0.123. The van der Waals surface area contributed by atoms with Crippen molar-refractivity contribution in [2.45, 2.75) is 12.5 Å². The number of carbonyl (C=O) groups excluding carboxylic acids is 1. The number of nitrogens with one attached hydrogen (secondary N) is 1. The van der Waals surface area contributed by atoms with Crippen molar-refractivity contribution in [3.63, 3.8) is 0 Å². The predicted molar refractivity (Wildman–Crippen MR) is 70.2 cm³/mol. The molecule has 0 fully saturated rings. The van der Waals surface area contributed by atoms with Crippen molar-refractivity contribution in [1.29, 1.82) is 0 Å². The Balaban J connectivity index is 0.00000289. The number of nitrogens with two attached hydrogens (primary N) is 1. The first-order chi connectivity index (χ1) is 8.13. The largest absolute Gasteiger partial charge is 0.383 e. The Morgan fingerprint density at radius 2 is 2.28 bits per heavy atom. The van der Waals surface area contributed by atoms with E-state index in [-0.39, 0.29) is 30.7 Å². The summed E-state index contributed by atoms with van der Waals surface area (Å²) in [6.07, 6.45) is 0.573. The number of rotatable bonds is 6. The summed E-state index contributed by atoms with van der Waals surface area (Å²) < 4.78 is 17.6. The quantitative estimate of drug-likeness (QED) is 0.811. The van der Waals surface area contributed by atoms with Crippen LogP contribution in [-0.2, 0) is 16.0 Å². The molecule has 1 aromatic carbocycles. The highest BCUT2D eigenvalue weighted by Crippen LogP contribution is 2.03. The van der Waals surface area contributed by atoms with E-state index in [1.807, 2.05) is 6.07 Å². The Morgan fingerprint density at radius 3 is 2.89 bits per heavy atom.